The molecule has 4 nitrogen and oxygen atoms in total. The summed E-state index contributed by atoms with van der Waals surface area (Å²) in [6.07, 6.45) is 0.378. The molecule has 1 atom stereocenters. The van der Waals surface area contributed by atoms with Gasteiger partial charge < -0.3 is 15.8 Å². The van der Waals surface area contributed by atoms with Crippen molar-refractivity contribution < 1.29 is 9.53 Å². The van der Waals surface area contributed by atoms with Crippen LogP contribution in [0.3, 0.4) is 0 Å². The van der Waals surface area contributed by atoms with E-state index >= 15 is 0 Å². The zero-order chi connectivity index (χ0) is 10.7. The molecule has 0 spiro atoms. The van der Waals surface area contributed by atoms with E-state index in [1.807, 2.05) is 24.3 Å². The molecule has 1 saturated heterocycles. The number of nitrogens with two attached hydrogens (primary N) is 1. The molecule has 0 aromatic heterocycles. The molecule has 1 aromatic rings. The van der Waals surface area contributed by atoms with Crippen molar-refractivity contribution in [2.24, 2.45) is 0 Å². The Morgan fingerprint density at radius 2 is 2.07 bits per heavy atom. The monoisotopic (exact) mass is 206 g/mol. The number of amides is 1. The van der Waals surface area contributed by atoms with Gasteiger partial charge in [-0.25, -0.2) is 0 Å². The molecule has 2 rings (SSSR count). The van der Waals surface area contributed by atoms with Crippen LogP contribution in [-0.4, -0.2) is 19.1 Å². The second-order valence-corrected chi connectivity index (χ2v) is 3.58. The molecule has 0 saturated carbocycles. The zero-order valence-electron chi connectivity index (χ0n) is 8.40. The number of hydrogen-bond acceptors (Lipinski definition) is 3. The summed E-state index contributed by atoms with van der Waals surface area (Å²) in [6.45, 7) is 1.00. The van der Waals surface area contributed by atoms with Gasteiger partial charge in [0.25, 0.3) is 0 Å². The number of hydrogen-bond donors (Lipinski definition) is 2. The molecule has 1 aliphatic heterocycles. The van der Waals surface area contributed by atoms with E-state index < -0.39 is 0 Å². The third-order valence-corrected chi connectivity index (χ3v) is 2.44. The lowest BCUT2D eigenvalue weighted by molar-refractivity contribution is -0.120. The van der Waals surface area contributed by atoms with Crippen LogP contribution in [0.1, 0.15) is 18.1 Å². The predicted molar refractivity (Wildman–Crippen MR) is 57.2 cm³/mol. The van der Waals surface area contributed by atoms with Crippen LogP contribution in [0, 0.1) is 0 Å². The first-order valence-electron chi connectivity index (χ1n) is 4.99. The molecule has 3 N–H and O–H groups in total. The number of ether oxygens (including phenoxy) is 1. The minimum absolute atomic E-state index is 0.0490. The highest BCUT2D eigenvalue weighted by molar-refractivity contribution is 5.76. The van der Waals surface area contributed by atoms with Crippen LogP contribution >= 0.6 is 0 Å². The largest absolute Gasteiger partial charge is 0.399 e. The standard InChI is InChI=1S/C11H14N2O2/c12-9-3-1-8(2-4-9)10-7-13-11(14)5-6-15-10/h1-4,10H,5-7,12H2,(H,13,14). The summed E-state index contributed by atoms with van der Waals surface area (Å²) in [5.41, 5.74) is 7.38. The Kier molecular flexibility index (Phi) is 2.87. The fraction of sp³-hybridized carbons (Fsp3) is 0.364. The summed E-state index contributed by atoms with van der Waals surface area (Å²) >= 11 is 0. The normalized spacial score (nSPS) is 21.9. The summed E-state index contributed by atoms with van der Waals surface area (Å²) in [6, 6.07) is 7.53. The van der Waals surface area contributed by atoms with Crippen LogP contribution in [0.25, 0.3) is 0 Å². The zero-order valence-corrected chi connectivity index (χ0v) is 8.40. The van der Waals surface area contributed by atoms with Crippen LogP contribution in [-0.2, 0) is 9.53 Å². The number of nitrogen functional groups attached to an aromatic ring is 1. The minimum Gasteiger partial charge on any atom is -0.399 e. The Hall–Kier alpha value is -1.55. The van der Waals surface area contributed by atoms with E-state index in [2.05, 4.69) is 5.32 Å². The average molecular weight is 206 g/mol. The van der Waals surface area contributed by atoms with Crippen LogP contribution < -0.4 is 11.1 Å². The van der Waals surface area contributed by atoms with Gasteiger partial charge in [-0.1, -0.05) is 12.1 Å². The van der Waals surface area contributed by atoms with Crippen LogP contribution in [0.4, 0.5) is 5.69 Å². The van der Waals surface area contributed by atoms with E-state index in [1.165, 1.54) is 0 Å². The van der Waals surface area contributed by atoms with Gasteiger partial charge in [0.15, 0.2) is 0 Å². The first kappa shape index (κ1) is 9.98. The topological polar surface area (TPSA) is 64.3 Å². The highest BCUT2D eigenvalue weighted by atomic mass is 16.5. The van der Waals surface area contributed by atoms with Gasteiger partial charge in [-0.05, 0) is 17.7 Å². The molecule has 0 aliphatic carbocycles. The second kappa shape index (κ2) is 4.31. The van der Waals surface area contributed by atoms with Crippen molar-refractivity contribution >= 4 is 11.6 Å². The van der Waals surface area contributed by atoms with Gasteiger partial charge in [-0.15, -0.1) is 0 Å². The number of benzene rings is 1. The second-order valence-electron chi connectivity index (χ2n) is 3.58. The van der Waals surface area contributed by atoms with E-state index in [0.717, 1.165) is 11.3 Å². The van der Waals surface area contributed by atoms with Crippen molar-refractivity contribution in [3.05, 3.63) is 29.8 Å². The quantitative estimate of drug-likeness (QED) is 0.669. The molecule has 1 heterocycles. The van der Waals surface area contributed by atoms with Gasteiger partial charge in [-0.3, -0.25) is 4.79 Å². The van der Waals surface area contributed by atoms with Gasteiger partial charge in [-0.2, -0.15) is 0 Å². The molecule has 1 aromatic carbocycles. The Bertz CT molecular complexity index is 348. The summed E-state index contributed by atoms with van der Waals surface area (Å²) in [5, 5.41) is 2.81. The molecule has 1 amide bonds. The van der Waals surface area contributed by atoms with E-state index in [4.69, 9.17) is 10.5 Å². The first-order valence-corrected chi connectivity index (χ1v) is 4.99. The van der Waals surface area contributed by atoms with E-state index in [-0.39, 0.29) is 12.0 Å². The van der Waals surface area contributed by atoms with E-state index in [1.54, 1.807) is 0 Å². The highest BCUT2D eigenvalue weighted by Crippen LogP contribution is 2.19. The molecule has 15 heavy (non-hydrogen) atoms. The lowest BCUT2D eigenvalue weighted by Crippen LogP contribution is -2.25. The third-order valence-electron chi connectivity index (χ3n) is 2.44. The lowest BCUT2D eigenvalue weighted by atomic mass is 10.1. The number of nitrogens with one attached hydrogen (secondary N) is 1. The van der Waals surface area contributed by atoms with Crippen molar-refractivity contribution in [1.82, 2.24) is 5.32 Å². The minimum atomic E-state index is -0.0583. The molecule has 1 aliphatic rings. The Morgan fingerprint density at radius 3 is 2.80 bits per heavy atom. The number of carbonyl (C=O) groups excluding carboxylic acids is 1. The summed E-state index contributed by atoms with van der Waals surface area (Å²) in [5.74, 6) is 0.0490. The van der Waals surface area contributed by atoms with Gasteiger partial charge in [0, 0.05) is 18.7 Å². The maximum Gasteiger partial charge on any atom is 0.222 e. The third kappa shape index (κ3) is 2.47. The summed E-state index contributed by atoms with van der Waals surface area (Å²) in [4.78, 5) is 11.1. The highest BCUT2D eigenvalue weighted by Gasteiger charge is 2.17. The fourth-order valence-electron chi connectivity index (χ4n) is 1.57. The van der Waals surface area contributed by atoms with Crippen molar-refractivity contribution in [3.63, 3.8) is 0 Å². The maximum absolute atomic E-state index is 11.1. The molecule has 0 bridgehead atoms. The maximum atomic E-state index is 11.1. The SMILES string of the molecule is Nc1ccc(C2CNC(=O)CCO2)cc1. The van der Waals surface area contributed by atoms with Crippen LogP contribution in [0.5, 0.6) is 0 Å². The molecule has 1 fully saturated rings. The summed E-state index contributed by atoms with van der Waals surface area (Å²) in [7, 11) is 0. The van der Waals surface area contributed by atoms with E-state index in [9.17, 15) is 4.79 Å². The first-order chi connectivity index (χ1) is 7.25. The summed E-state index contributed by atoms with van der Waals surface area (Å²) < 4.78 is 5.58. The van der Waals surface area contributed by atoms with Crippen LogP contribution in [0.2, 0.25) is 0 Å². The number of carbonyl (C=O) groups is 1. The number of anilines is 1. The lowest BCUT2D eigenvalue weighted by Gasteiger charge is -2.14. The molecular weight excluding hydrogens is 192 g/mol. The van der Waals surface area contributed by atoms with Gasteiger partial charge in [0.2, 0.25) is 5.91 Å². The molecule has 0 radical (unpaired) electrons. The van der Waals surface area contributed by atoms with Gasteiger partial charge in [0.1, 0.15) is 0 Å². The molecule has 4 heteroatoms. The number of rotatable bonds is 1. The Labute approximate surface area is 88.4 Å². The van der Waals surface area contributed by atoms with Crippen molar-refractivity contribution in [1.29, 1.82) is 0 Å². The molecule has 1 unspecified atom stereocenters. The molecular formula is C11H14N2O2. The molecule has 80 valence electrons. The van der Waals surface area contributed by atoms with Crippen molar-refractivity contribution in [2.75, 3.05) is 18.9 Å². The Balaban J connectivity index is 2.09. The Morgan fingerprint density at radius 1 is 1.33 bits per heavy atom. The van der Waals surface area contributed by atoms with Crippen LogP contribution in [0.15, 0.2) is 24.3 Å². The average Bonchev–Trinajstić information content (AvgIpc) is 2.44. The van der Waals surface area contributed by atoms with Crippen molar-refractivity contribution in [3.8, 4) is 0 Å². The van der Waals surface area contributed by atoms with Gasteiger partial charge >= 0.3 is 0 Å². The fourth-order valence-corrected chi connectivity index (χ4v) is 1.57. The van der Waals surface area contributed by atoms with Crippen molar-refractivity contribution in [2.45, 2.75) is 12.5 Å². The predicted octanol–water partition coefficient (Wildman–Crippen LogP) is 0.846. The van der Waals surface area contributed by atoms with E-state index in [0.29, 0.717) is 19.6 Å². The van der Waals surface area contributed by atoms with Gasteiger partial charge in [0.05, 0.1) is 12.7 Å². The smallest absolute Gasteiger partial charge is 0.222 e.